The Morgan fingerprint density at radius 1 is 1.64 bits per heavy atom. The molecule has 1 amide bonds. The van der Waals surface area contributed by atoms with Crippen LogP contribution < -0.4 is 0 Å². The molecule has 11 heavy (non-hydrogen) atoms. The van der Waals surface area contributed by atoms with Crippen LogP contribution in [0.1, 0.15) is 6.92 Å². The summed E-state index contributed by atoms with van der Waals surface area (Å²) in [5.74, 6) is -3.54. The Hall–Kier alpha value is -0.870. The van der Waals surface area contributed by atoms with E-state index in [1.54, 1.807) is 0 Å². The first-order valence-electron chi connectivity index (χ1n) is 3.27. The van der Waals surface area contributed by atoms with Crippen LogP contribution in [-0.2, 0) is 0 Å². The molecule has 0 aliphatic carbocycles. The van der Waals surface area contributed by atoms with Crippen LogP contribution in [0.4, 0.5) is 13.6 Å². The number of nitrogens with zero attached hydrogens (tertiary/aromatic N) is 1. The zero-order chi connectivity index (χ0) is 8.65. The lowest BCUT2D eigenvalue weighted by Crippen LogP contribution is -2.55. The van der Waals surface area contributed by atoms with Gasteiger partial charge in [-0.15, -0.1) is 0 Å². The van der Waals surface area contributed by atoms with Crippen LogP contribution in [0.25, 0.3) is 0 Å². The number of carboxylic acid groups (broad SMARTS) is 1. The highest BCUT2D eigenvalue weighted by Gasteiger charge is 2.44. The van der Waals surface area contributed by atoms with Crippen molar-refractivity contribution in [1.29, 1.82) is 0 Å². The molecule has 0 aromatic heterocycles. The molecule has 64 valence electrons. The normalized spacial score (nSPS) is 19.7. The number of hydrogen-bond donors (Lipinski definition) is 1. The topological polar surface area (TPSA) is 40.5 Å². The van der Waals surface area contributed by atoms with Crippen molar-refractivity contribution in [1.82, 2.24) is 4.90 Å². The van der Waals surface area contributed by atoms with Gasteiger partial charge in [0.25, 0.3) is 5.92 Å². The fourth-order valence-electron chi connectivity index (χ4n) is 0.955. The third kappa shape index (κ3) is 1.58. The number of likely N-dealkylation sites (tertiary alicyclic amines) is 1. The molecule has 1 aliphatic heterocycles. The van der Waals surface area contributed by atoms with Crippen LogP contribution in [0.2, 0.25) is 0 Å². The van der Waals surface area contributed by atoms with Gasteiger partial charge in [-0.2, -0.15) is 0 Å². The number of rotatable bonds is 1. The third-order valence-electron chi connectivity index (χ3n) is 1.87. The summed E-state index contributed by atoms with van der Waals surface area (Å²) >= 11 is 0. The number of carbonyl (C=O) groups is 1. The quantitative estimate of drug-likeness (QED) is 0.635. The van der Waals surface area contributed by atoms with Crippen molar-refractivity contribution in [3.8, 4) is 0 Å². The van der Waals surface area contributed by atoms with Gasteiger partial charge in [-0.3, -0.25) is 0 Å². The van der Waals surface area contributed by atoms with Crippen LogP contribution in [-0.4, -0.2) is 35.1 Å². The molecule has 1 saturated heterocycles. The second kappa shape index (κ2) is 2.32. The van der Waals surface area contributed by atoms with E-state index in [1.165, 1.54) is 0 Å². The largest absolute Gasteiger partial charge is 0.465 e. The van der Waals surface area contributed by atoms with Gasteiger partial charge in [0.1, 0.15) is 0 Å². The van der Waals surface area contributed by atoms with Gasteiger partial charge in [0.05, 0.1) is 5.92 Å². The molecule has 0 spiro atoms. The SMILES string of the molecule is CC(F)(F)C1CN(C(=O)O)C1. The minimum absolute atomic E-state index is 0.0428. The molecule has 1 rings (SSSR count). The monoisotopic (exact) mass is 165 g/mol. The van der Waals surface area contributed by atoms with E-state index >= 15 is 0 Å². The number of hydrogen-bond acceptors (Lipinski definition) is 1. The second-order valence-electron chi connectivity index (χ2n) is 2.84. The molecular formula is C6H9F2NO2. The minimum Gasteiger partial charge on any atom is -0.465 e. The Bertz CT molecular complexity index is 172. The molecule has 1 aliphatic rings. The summed E-state index contributed by atoms with van der Waals surface area (Å²) in [5, 5.41) is 8.30. The summed E-state index contributed by atoms with van der Waals surface area (Å²) in [5.41, 5.74) is 0. The summed E-state index contributed by atoms with van der Waals surface area (Å²) in [7, 11) is 0. The highest BCUT2D eigenvalue weighted by molar-refractivity contribution is 5.66. The summed E-state index contributed by atoms with van der Waals surface area (Å²) in [4.78, 5) is 11.1. The fourth-order valence-corrected chi connectivity index (χ4v) is 0.955. The molecule has 3 nitrogen and oxygen atoms in total. The minimum atomic E-state index is -2.74. The average Bonchev–Trinajstić information content (AvgIpc) is 1.51. The van der Waals surface area contributed by atoms with Crippen molar-refractivity contribution in [2.24, 2.45) is 5.92 Å². The molecule has 0 atom stereocenters. The van der Waals surface area contributed by atoms with Crippen molar-refractivity contribution in [3.63, 3.8) is 0 Å². The molecular weight excluding hydrogens is 156 g/mol. The first-order chi connectivity index (χ1) is 4.91. The van der Waals surface area contributed by atoms with E-state index in [1.807, 2.05) is 0 Å². The Morgan fingerprint density at radius 3 is 2.36 bits per heavy atom. The lowest BCUT2D eigenvalue weighted by molar-refractivity contribution is -0.0944. The van der Waals surface area contributed by atoms with E-state index in [2.05, 4.69) is 0 Å². The fraction of sp³-hybridized carbons (Fsp3) is 0.833. The number of alkyl halides is 2. The highest BCUT2D eigenvalue weighted by Crippen LogP contribution is 2.31. The van der Waals surface area contributed by atoms with E-state index in [9.17, 15) is 13.6 Å². The van der Waals surface area contributed by atoms with Crippen LogP contribution >= 0.6 is 0 Å². The third-order valence-corrected chi connectivity index (χ3v) is 1.87. The summed E-state index contributed by atoms with van der Waals surface area (Å²) < 4.78 is 24.8. The molecule has 1 N–H and O–H groups in total. The standard InChI is InChI=1S/C6H9F2NO2/c1-6(7,8)4-2-9(3-4)5(10)11/h4H,2-3H2,1H3,(H,10,11). The summed E-state index contributed by atoms with van der Waals surface area (Å²) in [6.07, 6.45) is -1.12. The molecule has 1 heterocycles. The Kier molecular flexibility index (Phi) is 1.74. The maximum atomic E-state index is 12.4. The molecule has 0 unspecified atom stereocenters. The van der Waals surface area contributed by atoms with Gasteiger partial charge in [0.2, 0.25) is 0 Å². The lowest BCUT2D eigenvalue weighted by Gasteiger charge is -2.39. The molecule has 0 aromatic rings. The van der Waals surface area contributed by atoms with Crippen LogP contribution in [0.5, 0.6) is 0 Å². The van der Waals surface area contributed by atoms with Gasteiger partial charge in [0.15, 0.2) is 0 Å². The van der Waals surface area contributed by atoms with Gasteiger partial charge in [0, 0.05) is 13.1 Å². The van der Waals surface area contributed by atoms with Crippen LogP contribution in [0.15, 0.2) is 0 Å². The Morgan fingerprint density at radius 2 is 2.09 bits per heavy atom. The van der Waals surface area contributed by atoms with Gasteiger partial charge in [-0.1, -0.05) is 0 Å². The predicted octanol–water partition coefficient (Wildman–Crippen LogP) is 1.25. The maximum absolute atomic E-state index is 12.4. The molecule has 5 heteroatoms. The zero-order valence-corrected chi connectivity index (χ0v) is 6.05. The highest BCUT2D eigenvalue weighted by atomic mass is 19.3. The van der Waals surface area contributed by atoms with Gasteiger partial charge < -0.3 is 10.0 Å². The van der Waals surface area contributed by atoms with Gasteiger partial charge in [-0.05, 0) is 6.92 Å². The molecule has 1 fully saturated rings. The van der Waals surface area contributed by atoms with E-state index in [0.717, 1.165) is 11.8 Å². The van der Waals surface area contributed by atoms with Crippen LogP contribution in [0.3, 0.4) is 0 Å². The molecule has 0 saturated carbocycles. The van der Waals surface area contributed by atoms with Crippen molar-refractivity contribution >= 4 is 6.09 Å². The smallest absolute Gasteiger partial charge is 0.407 e. The summed E-state index contributed by atoms with van der Waals surface area (Å²) in [6, 6.07) is 0. The molecule has 0 aromatic carbocycles. The van der Waals surface area contributed by atoms with Gasteiger partial charge >= 0.3 is 6.09 Å². The van der Waals surface area contributed by atoms with Crippen molar-refractivity contribution in [2.75, 3.05) is 13.1 Å². The Balaban J connectivity index is 2.35. The average molecular weight is 165 g/mol. The second-order valence-corrected chi connectivity index (χ2v) is 2.84. The first-order valence-corrected chi connectivity index (χ1v) is 3.27. The van der Waals surface area contributed by atoms with Crippen LogP contribution in [0, 0.1) is 5.92 Å². The number of halogens is 2. The molecule has 0 radical (unpaired) electrons. The summed E-state index contributed by atoms with van der Waals surface area (Å²) in [6.45, 7) is 0.731. The molecule has 0 bridgehead atoms. The zero-order valence-electron chi connectivity index (χ0n) is 6.05. The van der Waals surface area contributed by atoms with Gasteiger partial charge in [-0.25, -0.2) is 13.6 Å². The van der Waals surface area contributed by atoms with Crippen molar-refractivity contribution in [3.05, 3.63) is 0 Å². The van der Waals surface area contributed by atoms with Crippen molar-refractivity contribution in [2.45, 2.75) is 12.8 Å². The van der Waals surface area contributed by atoms with E-state index in [4.69, 9.17) is 5.11 Å². The Labute approximate surface area is 62.6 Å². The number of amides is 1. The van der Waals surface area contributed by atoms with E-state index < -0.39 is 17.9 Å². The first kappa shape index (κ1) is 8.23. The predicted molar refractivity (Wildman–Crippen MR) is 33.7 cm³/mol. The lowest BCUT2D eigenvalue weighted by atomic mass is 9.94. The van der Waals surface area contributed by atoms with E-state index in [-0.39, 0.29) is 13.1 Å². The van der Waals surface area contributed by atoms with Crippen molar-refractivity contribution < 1.29 is 18.7 Å². The van der Waals surface area contributed by atoms with E-state index in [0.29, 0.717) is 0 Å². The maximum Gasteiger partial charge on any atom is 0.407 e.